The highest BCUT2D eigenvalue weighted by Crippen LogP contribution is 2.32. The molecule has 3 aromatic carbocycles. The van der Waals surface area contributed by atoms with Gasteiger partial charge in [0, 0.05) is 15.8 Å². The molecule has 0 spiro atoms. The fourth-order valence-electron chi connectivity index (χ4n) is 2.85. The van der Waals surface area contributed by atoms with Gasteiger partial charge in [-0.1, -0.05) is 51.4 Å². The molecular formula is C20H15BrN4O2. The number of nitrogen functional groups attached to an aromatic ring is 1. The zero-order valence-electron chi connectivity index (χ0n) is 14.1. The zero-order valence-corrected chi connectivity index (χ0v) is 15.7. The van der Waals surface area contributed by atoms with E-state index in [0.717, 1.165) is 21.0 Å². The number of rotatable bonds is 3. The molecule has 7 heteroatoms. The standard InChI is InChI=1S/C20H15BrN4O2/c21-13-3-1-4-15(11-13)24-20(26)23-14-9-7-12(8-10-14)16-5-2-6-17-18(16)19(22)27-25-17/h1-11H,22H2,(H2,23,24,26). The number of halogens is 1. The second-order valence-electron chi connectivity index (χ2n) is 5.91. The second-order valence-corrected chi connectivity index (χ2v) is 6.83. The van der Waals surface area contributed by atoms with Gasteiger partial charge in [-0.25, -0.2) is 4.79 Å². The number of benzene rings is 3. The molecule has 0 aliphatic rings. The van der Waals surface area contributed by atoms with E-state index in [1.54, 1.807) is 0 Å². The van der Waals surface area contributed by atoms with Gasteiger partial charge in [-0.05, 0) is 47.5 Å². The second kappa shape index (κ2) is 7.13. The molecule has 0 radical (unpaired) electrons. The van der Waals surface area contributed by atoms with Crippen molar-refractivity contribution in [2.75, 3.05) is 16.4 Å². The molecule has 0 saturated carbocycles. The van der Waals surface area contributed by atoms with Crippen molar-refractivity contribution >= 4 is 50.1 Å². The molecule has 0 fully saturated rings. The number of amides is 2. The predicted octanol–water partition coefficient (Wildman–Crippen LogP) is 5.48. The van der Waals surface area contributed by atoms with Crippen LogP contribution in [0.5, 0.6) is 0 Å². The lowest BCUT2D eigenvalue weighted by molar-refractivity contribution is 0.262. The van der Waals surface area contributed by atoms with E-state index >= 15 is 0 Å². The number of fused-ring (bicyclic) bond motifs is 1. The number of hydrogen-bond donors (Lipinski definition) is 3. The third-order valence-electron chi connectivity index (χ3n) is 4.07. The number of nitrogens with zero attached hydrogens (tertiary/aromatic N) is 1. The molecule has 1 aromatic heterocycles. The van der Waals surface area contributed by atoms with Gasteiger partial charge in [-0.15, -0.1) is 0 Å². The average molecular weight is 423 g/mol. The highest BCUT2D eigenvalue weighted by Gasteiger charge is 2.11. The zero-order chi connectivity index (χ0) is 18.8. The Morgan fingerprint density at radius 3 is 2.48 bits per heavy atom. The first-order chi connectivity index (χ1) is 13.1. The Morgan fingerprint density at radius 1 is 0.963 bits per heavy atom. The lowest BCUT2D eigenvalue weighted by atomic mass is 10.0. The van der Waals surface area contributed by atoms with Crippen molar-refractivity contribution in [1.29, 1.82) is 0 Å². The fraction of sp³-hybridized carbons (Fsp3) is 0. The van der Waals surface area contributed by atoms with Crippen LogP contribution in [0.15, 0.2) is 75.7 Å². The van der Waals surface area contributed by atoms with Crippen molar-refractivity contribution in [3.63, 3.8) is 0 Å². The molecule has 27 heavy (non-hydrogen) atoms. The molecule has 6 nitrogen and oxygen atoms in total. The van der Waals surface area contributed by atoms with E-state index in [1.807, 2.05) is 66.7 Å². The highest BCUT2D eigenvalue weighted by atomic mass is 79.9. The van der Waals surface area contributed by atoms with Crippen LogP contribution in [0.1, 0.15) is 0 Å². The van der Waals surface area contributed by atoms with Crippen LogP contribution in [0.25, 0.3) is 22.0 Å². The Labute approximate surface area is 163 Å². The molecule has 0 atom stereocenters. The van der Waals surface area contributed by atoms with E-state index in [9.17, 15) is 4.79 Å². The minimum Gasteiger partial charge on any atom is -0.367 e. The first-order valence-electron chi connectivity index (χ1n) is 8.18. The molecule has 4 N–H and O–H groups in total. The van der Waals surface area contributed by atoms with Gasteiger partial charge in [0.2, 0.25) is 5.88 Å². The number of carbonyl (C=O) groups excluding carboxylic acids is 1. The molecule has 134 valence electrons. The summed E-state index contributed by atoms with van der Waals surface area (Å²) in [6.07, 6.45) is 0. The summed E-state index contributed by atoms with van der Waals surface area (Å²) >= 11 is 3.38. The van der Waals surface area contributed by atoms with Gasteiger partial charge in [0.1, 0.15) is 5.52 Å². The first-order valence-corrected chi connectivity index (χ1v) is 8.97. The molecule has 4 rings (SSSR count). The Morgan fingerprint density at radius 2 is 1.70 bits per heavy atom. The Hall–Kier alpha value is -3.32. The lowest BCUT2D eigenvalue weighted by Gasteiger charge is -2.09. The van der Waals surface area contributed by atoms with Crippen LogP contribution < -0.4 is 16.4 Å². The van der Waals surface area contributed by atoms with E-state index in [1.165, 1.54) is 0 Å². The summed E-state index contributed by atoms with van der Waals surface area (Å²) in [5.74, 6) is 0.288. The molecule has 0 saturated heterocycles. The topological polar surface area (TPSA) is 93.2 Å². The largest absolute Gasteiger partial charge is 0.367 e. The van der Waals surface area contributed by atoms with Crippen LogP contribution in [0.2, 0.25) is 0 Å². The summed E-state index contributed by atoms with van der Waals surface area (Å²) in [6, 6.07) is 20.3. The minimum absolute atomic E-state index is 0.288. The molecule has 0 unspecified atom stereocenters. The van der Waals surface area contributed by atoms with Gasteiger partial charge < -0.3 is 20.9 Å². The lowest BCUT2D eigenvalue weighted by Crippen LogP contribution is -2.19. The van der Waals surface area contributed by atoms with Gasteiger partial charge in [0.05, 0.1) is 5.39 Å². The quantitative estimate of drug-likeness (QED) is 0.407. The van der Waals surface area contributed by atoms with Crippen LogP contribution >= 0.6 is 15.9 Å². The molecule has 0 aliphatic heterocycles. The van der Waals surface area contributed by atoms with E-state index in [0.29, 0.717) is 16.9 Å². The number of nitrogens with two attached hydrogens (primary N) is 1. The monoisotopic (exact) mass is 422 g/mol. The highest BCUT2D eigenvalue weighted by molar-refractivity contribution is 9.10. The van der Waals surface area contributed by atoms with Crippen molar-refractivity contribution in [2.24, 2.45) is 0 Å². The Balaban J connectivity index is 1.52. The third-order valence-corrected chi connectivity index (χ3v) is 4.56. The smallest absolute Gasteiger partial charge is 0.323 e. The number of hydrogen-bond acceptors (Lipinski definition) is 4. The third kappa shape index (κ3) is 3.63. The van der Waals surface area contributed by atoms with Crippen LogP contribution in [-0.4, -0.2) is 11.2 Å². The molecular weight excluding hydrogens is 408 g/mol. The maximum absolute atomic E-state index is 12.2. The average Bonchev–Trinajstić information content (AvgIpc) is 3.04. The van der Waals surface area contributed by atoms with Crippen molar-refractivity contribution < 1.29 is 9.32 Å². The Kier molecular flexibility index (Phi) is 4.52. The van der Waals surface area contributed by atoms with E-state index < -0.39 is 0 Å². The summed E-state index contributed by atoms with van der Waals surface area (Å²) in [5.41, 5.74) is 9.86. The molecule has 2 amide bonds. The van der Waals surface area contributed by atoms with Crippen LogP contribution in [0, 0.1) is 0 Å². The van der Waals surface area contributed by atoms with Crippen molar-refractivity contribution in [3.8, 4) is 11.1 Å². The number of carbonyl (C=O) groups is 1. The van der Waals surface area contributed by atoms with Gasteiger partial charge in [-0.3, -0.25) is 0 Å². The van der Waals surface area contributed by atoms with E-state index in [4.69, 9.17) is 10.3 Å². The van der Waals surface area contributed by atoms with Crippen molar-refractivity contribution in [3.05, 3.63) is 71.2 Å². The summed E-state index contributed by atoms with van der Waals surface area (Å²) in [5, 5.41) is 10.3. The van der Waals surface area contributed by atoms with Crippen molar-refractivity contribution in [2.45, 2.75) is 0 Å². The first kappa shape index (κ1) is 17.1. The van der Waals surface area contributed by atoms with Gasteiger partial charge in [0.15, 0.2) is 0 Å². The predicted molar refractivity (Wildman–Crippen MR) is 111 cm³/mol. The minimum atomic E-state index is -0.314. The molecule has 0 aliphatic carbocycles. The molecule has 0 bridgehead atoms. The normalized spacial score (nSPS) is 10.7. The fourth-order valence-corrected chi connectivity index (χ4v) is 3.25. The van der Waals surface area contributed by atoms with Crippen LogP contribution in [-0.2, 0) is 0 Å². The number of aromatic nitrogens is 1. The number of anilines is 3. The Bertz CT molecular complexity index is 1120. The van der Waals surface area contributed by atoms with Crippen molar-refractivity contribution in [1.82, 2.24) is 5.16 Å². The van der Waals surface area contributed by atoms with Gasteiger partial charge >= 0.3 is 6.03 Å². The maximum Gasteiger partial charge on any atom is 0.323 e. The summed E-state index contributed by atoms with van der Waals surface area (Å²) in [7, 11) is 0. The van der Waals surface area contributed by atoms with E-state index in [-0.39, 0.29) is 11.9 Å². The molecule has 4 aromatic rings. The van der Waals surface area contributed by atoms with Crippen LogP contribution in [0.4, 0.5) is 22.1 Å². The molecule has 1 heterocycles. The van der Waals surface area contributed by atoms with Crippen LogP contribution in [0.3, 0.4) is 0 Å². The summed E-state index contributed by atoms with van der Waals surface area (Å²) in [4.78, 5) is 12.2. The van der Waals surface area contributed by atoms with Gasteiger partial charge in [-0.2, -0.15) is 0 Å². The summed E-state index contributed by atoms with van der Waals surface area (Å²) < 4.78 is 5.97. The van der Waals surface area contributed by atoms with Gasteiger partial charge in [0.25, 0.3) is 0 Å². The maximum atomic E-state index is 12.2. The number of nitrogens with one attached hydrogen (secondary N) is 2. The SMILES string of the molecule is Nc1onc2cccc(-c3ccc(NC(=O)Nc4cccc(Br)c4)cc3)c12. The van der Waals surface area contributed by atoms with E-state index in [2.05, 4.69) is 31.7 Å². The number of urea groups is 1. The summed E-state index contributed by atoms with van der Waals surface area (Å²) in [6.45, 7) is 0.